The fraction of sp³-hybridized carbons (Fsp3) is 0.567. The second kappa shape index (κ2) is 12.9. The maximum Gasteiger partial charge on any atom is 0.317 e. The van der Waals surface area contributed by atoms with Crippen LogP contribution in [-0.4, -0.2) is 73.4 Å². The highest BCUT2D eigenvalue weighted by Crippen LogP contribution is 2.44. The summed E-state index contributed by atoms with van der Waals surface area (Å²) in [6.07, 6.45) is 4.62. The number of aliphatic hydroxyl groups is 1. The summed E-state index contributed by atoms with van der Waals surface area (Å²) in [5.74, 6) is 0.315. The number of urea groups is 1. The van der Waals surface area contributed by atoms with Crippen molar-refractivity contribution in [3.63, 3.8) is 0 Å². The average Bonchev–Trinajstić information content (AvgIpc) is 3.23. The number of hydrogen-bond donors (Lipinski definition) is 2. The Morgan fingerprint density at radius 3 is 2.74 bits per heavy atom. The summed E-state index contributed by atoms with van der Waals surface area (Å²) in [4.78, 5) is 17.4. The zero-order valence-electron chi connectivity index (χ0n) is 22.9. The Morgan fingerprint density at radius 1 is 1.18 bits per heavy atom. The highest BCUT2D eigenvalue weighted by atomic mass is 19.1. The van der Waals surface area contributed by atoms with E-state index in [1.807, 2.05) is 29.2 Å². The molecule has 4 atom stereocenters. The lowest BCUT2D eigenvalue weighted by Gasteiger charge is -2.43. The summed E-state index contributed by atoms with van der Waals surface area (Å²) in [5.41, 5.74) is -0.557. The van der Waals surface area contributed by atoms with Crippen LogP contribution in [0.25, 0.3) is 0 Å². The number of carbonyl (C=O) groups is 1. The summed E-state index contributed by atoms with van der Waals surface area (Å²) in [6.45, 7) is 4.76. The molecule has 2 aromatic carbocycles. The second-order valence-corrected chi connectivity index (χ2v) is 10.9. The van der Waals surface area contributed by atoms with Crippen LogP contribution in [-0.2, 0) is 10.3 Å². The third kappa shape index (κ3) is 6.84. The highest BCUT2D eigenvalue weighted by Gasteiger charge is 2.43. The molecule has 2 heterocycles. The van der Waals surface area contributed by atoms with E-state index in [0.29, 0.717) is 49.2 Å². The third-order valence-corrected chi connectivity index (χ3v) is 8.13. The average molecular weight is 528 g/mol. The molecule has 4 rings (SSSR count). The van der Waals surface area contributed by atoms with Crippen LogP contribution in [0.5, 0.6) is 11.5 Å². The molecule has 0 bridgehead atoms. The van der Waals surface area contributed by atoms with E-state index in [-0.39, 0.29) is 23.8 Å². The molecular formula is C30H42FN3O4. The van der Waals surface area contributed by atoms with E-state index in [4.69, 9.17) is 9.47 Å². The van der Waals surface area contributed by atoms with Crippen LogP contribution in [0, 0.1) is 11.7 Å². The van der Waals surface area contributed by atoms with Crippen molar-refractivity contribution >= 4 is 6.03 Å². The molecule has 38 heavy (non-hydrogen) atoms. The van der Waals surface area contributed by atoms with Crippen molar-refractivity contribution in [2.24, 2.45) is 5.92 Å². The number of unbranched alkanes of at least 4 members (excludes halogenated alkanes) is 1. The van der Waals surface area contributed by atoms with Crippen molar-refractivity contribution in [2.45, 2.75) is 63.1 Å². The van der Waals surface area contributed by atoms with Crippen molar-refractivity contribution < 1.29 is 23.8 Å². The first kappa shape index (κ1) is 28.3. The number of rotatable bonds is 10. The van der Waals surface area contributed by atoms with Gasteiger partial charge < -0.3 is 29.7 Å². The number of halogens is 1. The number of methoxy groups -OCH3 is 1. The van der Waals surface area contributed by atoms with Gasteiger partial charge in [0.1, 0.15) is 17.3 Å². The van der Waals surface area contributed by atoms with Crippen LogP contribution >= 0.6 is 0 Å². The summed E-state index contributed by atoms with van der Waals surface area (Å²) in [5, 5.41) is 15.6. The first-order valence-electron chi connectivity index (χ1n) is 13.8. The van der Waals surface area contributed by atoms with E-state index in [2.05, 4.69) is 24.2 Å². The Morgan fingerprint density at radius 2 is 2.00 bits per heavy atom. The number of nitrogens with one attached hydrogen (secondary N) is 1. The molecule has 2 aromatic rings. The minimum Gasteiger partial charge on any atom is -0.457 e. The Hall–Kier alpha value is -2.68. The molecule has 0 radical (unpaired) electrons. The van der Waals surface area contributed by atoms with E-state index in [1.54, 1.807) is 19.2 Å². The van der Waals surface area contributed by atoms with Crippen molar-refractivity contribution in [1.29, 1.82) is 0 Å². The minimum atomic E-state index is -1.22. The number of nitrogens with zero attached hydrogens (tertiary/aromatic N) is 2. The van der Waals surface area contributed by atoms with E-state index in [9.17, 15) is 14.3 Å². The Kier molecular flexibility index (Phi) is 9.63. The lowest BCUT2D eigenvalue weighted by Crippen LogP contribution is -2.52. The quantitative estimate of drug-likeness (QED) is 0.419. The molecule has 0 aromatic heterocycles. The first-order valence-corrected chi connectivity index (χ1v) is 13.8. The molecule has 8 heteroatoms. The van der Waals surface area contributed by atoms with Crippen LogP contribution in [0.3, 0.4) is 0 Å². The highest BCUT2D eigenvalue weighted by molar-refractivity contribution is 5.74. The van der Waals surface area contributed by atoms with E-state index in [0.717, 1.165) is 38.6 Å². The van der Waals surface area contributed by atoms with Gasteiger partial charge in [0.25, 0.3) is 0 Å². The number of hydrogen-bond acceptors (Lipinski definition) is 5. The van der Waals surface area contributed by atoms with Crippen LogP contribution in [0.1, 0.15) is 51.0 Å². The number of benzene rings is 2. The van der Waals surface area contributed by atoms with E-state index in [1.165, 1.54) is 12.1 Å². The lowest BCUT2D eigenvalue weighted by molar-refractivity contribution is -0.0574. The van der Waals surface area contributed by atoms with Gasteiger partial charge in [-0.2, -0.15) is 0 Å². The Labute approximate surface area is 225 Å². The van der Waals surface area contributed by atoms with Gasteiger partial charge in [0, 0.05) is 63.0 Å². The maximum atomic E-state index is 13.9. The monoisotopic (exact) mass is 527 g/mol. The molecule has 2 saturated heterocycles. The molecule has 0 spiro atoms. The number of likely N-dealkylation sites (N-methyl/N-ethyl adjacent to an activating group) is 1. The lowest BCUT2D eigenvalue weighted by atomic mass is 9.73. The predicted octanol–water partition coefficient (Wildman–Crippen LogP) is 5.14. The topological polar surface area (TPSA) is 74.3 Å². The van der Waals surface area contributed by atoms with Gasteiger partial charge in [0.15, 0.2) is 0 Å². The summed E-state index contributed by atoms with van der Waals surface area (Å²) >= 11 is 0. The van der Waals surface area contributed by atoms with Gasteiger partial charge in [-0.15, -0.1) is 0 Å². The molecule has 0 saturated carbocycles. The fourth-order valence-electron chi connectivity index (χ4n) is 5.89. The minimum absolute atomic E-state index is 0.0618. The zero-order chi connectivity index (χ0) is 27.1. The molecule has 2 N–H and O–H groups in total. The normalized spacial score (nSPS) is 23.7. The van der Waals surface area contributed by atoms with Crippen LogP contribution in [0.4, 0.5) is 9.18 Å². The number of piperidine rings is 1. The molecule has 2 aliphatic rings. The van der Waals surface area contributed by atoms with Crippen LogP contribution in [0.15, 0.2) is 48.5 Å². The molecule has 2 aliphatic heterocycles. The van der Waals surface area contributed by atoms with Gasteiger partial charge >= 0.3 is 6.03 Å². The number of ether oxygens (including phenoxy) is 2. The van der Waals surface area contributed by atoms with Crippen LogP contribution in [0.2, 0.25) is 0 Å². The molecular weight excluding hydrogens is 485 g/mol. The van der Waals surface area contributed by atoms with Gasteiger partial charge in [-0.25, -0.2) is 9.18 Å². The maximum absolute atomic E-state index is 13.9. The van der Waals surface area contributed by atoms with Gasteiger partial charge in [-0.1, -0.05) is 24.3 Å². The van der Waals surface area contributed by atoms with Gasteiger partial charge in [-0.3, -0.25) is 0 Å². The summed E-state index contributed by atoms with van der Waals surface area (Å²) in [7, 11) is 3.76. The van der Waals surface area contributed by atoms with Gasteiger partial charge in [0.05, 0.1) is 5.60 Å². The molecule has 208 valence electrons. The first-order chi connectivity index (χ1) is 18.3. The standard InChI is InChI=1S/C30H42FN3O4/c1-22-18-25(21-33(22)2)32-29(35)34-16-9-10-23(20-34)30(36,15-6-7-17-37-3)27-13-4-5-14-28(27)38-26-12-8-11-24(31)19-26/h4-5,8,11-14,19,22-23,25,36H,6-7,9-10,15-18,20-21H2,1-3H3,(H,32,35)/t22?,23-,25+,30+/m1/s1. The smallest absolute Gasteiger partial charge is 0.317 e. The fourth-order valence-corrected chi connectivity index (χ4v) is 5.89. The number of likely N-dealkylation sites (tertiary alicyclic amines) is 2. The van der Waals surface area contributed by atoms with E-state index < -0.39 is 5.60 Å². The molecule has 0 aliphatic carbocycles. The van der Waals surface area contributed by atoms with E-state index >= 15 is 0 Å². The number of para-hydroxylation sites is 1. The molecule has 2 amide bonds. The largest absolute Gasteiger partial charge is 0.457 e. The predicted molar refractivity (Wildman–Crippen MR) is 146 cm³/mol. The summed E-state index contributed by atoms with van der Waals surface area (Å²) < 4.78 is 25.2. The van der Waals surface area contributed by atoms with Crippen molar-refractivity contribution in [2.75, 3.05) is 40.4 Å². The van der Waals surface area contributed by atoms with Crippen LogP contribution < -0.4 is 10.1 Å². The Balaban J connectivity index is 1.56. The van der Waals surface area contributed by atoms with Crippen molar-refractivity contribution in [3.05, 3.63) is 59.9 Å². The third-order valence-electron chi connectivity index (χ3n) is 8.13. The van der Waals surface area contributed by atoms with Gasteiger partial charge in [-0.05, 0) is 70.7 Å². The second-order valence-electron chi connectivity index (χ2n) is 10.9. The zero-order valence-corrected chi connectivity index (χ0v) is 22.9. The van der Waals surface area contributed by atoms with Gasteiger partial charge in [0.2, 0.25) is 0 Å². The molecule has 2 fully saturated rings. The Bertz CT molecular complexity index is 1060. The number of carbonyl (C=O) groups excluding carboxylic acids is 1. The SMILES string of the molecule is COCCCC[C@@](O)(c1ccccc1Oc1cccc(F)c1)[C@@H]1CCCN(C(=O)N[C@H]2CC(C)N(C)C2)C1. The van der Waals surface area contributed by atoms with Crippen molar-refractivity contribution in [3.8, 4) is 11.5 Å². The number of amides is 2. The molecule has 7 nitrogen and oxygen atoms in total. The van der Waals surface area contributed by atoms with Crippen molar-refractivity contribution in [1.82, 2.24) is 15.1 Å². The molecule has 1 unspecified atom stereocenters. The summed E-state index contributed by atoms with van der Waals surface area (Å²) in [6, 6.07) is 14.0.